The lowest BCUT2D eigenvalue weighted by Gasteiger charge is -2.13. The van der Waals surface area contributed by atoms with Crippen molar-refractivity contribution in [2.24, 2.45) is 0 Å². The minimum atomic E-state index is 1.29. The van der Waals surface area contributed by atoms with Gasteiger partial charge in [-0.15, -0.1) is 0 Å². The largest absolute Gasteiger partial charge is 0.0586 e. The molecule has 3 rings (SSSR count). The van der Waals surface area contributed by atoms with E-state index in [0.29, 0.717) is 0 Å². The molecule has 0 atom stereocenters. The van der Waals surface area contributed by atoms with Crippen molar-refractivity contribution < 1.29 is 0 Å². The van der Waals surface area contributed by atoms with Gasteiger partial charge >= 0.3 is 0 Å². The smallest absolute Gasteiger partial charge is 0.0222 e. The maximum atomic E-state index is 2.46. The summed E-state index contributed by atoms with van der Waals surface area (Å²) in [7, 11) is 0. The van der Waals surface area contributed by atoms with Crippen LogP contribution in [0.15, 0.2) is 48.5 Å². The summed E-state index contributed by atoms with van der Waals surface area (Å²) in [5.74, 6) is 0. The Morgan fingerprint density at radius 3 is 1.58 bits per heavy atom. The fraction of sp³-hybridized carbons (Fsp3) is 0.100. The maximum absolute atomic E-state index is 2.46. The molecule has 0 nitrogen and oxygen atoms in total. The molecule has 0 spiro atoms. The van der Waals surface area contributed by atoms with Crippen LogP contribution in [-0.2, 0) is 0 Å². The number of halogens is 4. The van der Waals surface area contributed by atoms with Gasteiger partial charge < -0.3 is 0 Å². The van der Waals surface area contributed by atoms with Crippen LogP contribution >= 0.6 is 90.4 Å². The molecule has 0 N–H and O–H groups in total. The molecule has 0 amide bonds. The number of aryl methyl sites for hydroxylation is 2. The van der Waals surface area contributed by atoms with Crippen molar-refractivity contribution in [1.29, 1.82) is 0 Å². The summed E-state index contributed by atoms with van der Waals surface area (Å²) in [6, 6.07) is 18.0. The Morgan fingerprint density at radius 2 is 1.04 bits per heavy atom. The topological polar surface area (TPSA) is 0 Å². The fourth-order valence-corrected chi connectivity index (χ4v) is 7.17. The predicted octanol–water partition coefficient (Wildman–Crippen LogP) is 8.06. The fourth-order valence-electron chi connectivity index (χ4n) is 2.70. The van der Waals surface area contributed by atoms with Crippen molar-refractivity contribution in [2.45, 2.75) is 13.8 Å². The summed E-state index contributed by atoms with van der Waals surface area (Å²) in [6.07, 6.45) is 0. The van der Waals surface area contributed by atoms with Crippen molar-refractivity contribution in [1.82, 2.24) is 0 Å². The van der Waals surface area contributed by atoms with Crippen LogP contribution in [0.25, 0.3) is 22.3 Å². The van der Waals surface area contributed by atoms with Crippen molar-refractivity contribution in [3.05, 3.63) is 73.9 Å². The van der Waals surface area contributed by atoms with Gasteiger partial charge in [0.15, 0.2) is 0 Å². The minimum absolute atomic E-state index is 1.29. The van der Waals surface area contributed by atoms with Crippen LogP contribution in [0.1, 0.15) is 11.1 Å². The highest BCUT2D eigenvalue weighted by Crippen LogP contribution is 2.36. The number of hydrogen-bond donors (Lipinski definition) is 0. The molecule has 0 aliphatic heterocycles. The number of rotatable bonds is 2. The Labute approximate surface area is 197 Å². The van der Waals surface area contributed by atoms with E-state index in [2.05, 4.69) is 153 Å². The zero-order valence-corrected chi connectivity index (χ0v) is 21.8. The van der Waals surface area contributed by atoms with E-state index in [-0.39, 0.29) is 0 Å². The Kier molecular flexibility index (Phi) is 6.51. The van der Waals surface area contributed by atoms with Crippen LogP contribution in [0.3, 0.4) is 0 Å². The van der Waals surface area contributed by atoms with Crippen LogP contribution in [0, 0.1) is 28.1 Å². The second kappa shape index (κ2) is 8.08. The predicted molar refractivity (Wildman–Crippen MR) is 138 cm³/mol. The molecule has 3 aromatic rings. The average molecular weight is 762 g/mol. The lowest BCUT2D eigenvalue weighted by molar-refractivity contribution is 1.41. The van der Waals surface area contributed by atoms with Gasteiger partial charge in [0.05, 0.1) is 0 Å². The zero-order chi connectivity index (χ0) is 17.4. The second-order valence-corrected chi connectivity index (χ2v) is 10.4. The summed E-state index contributed by atoms with van der Waals surface area (Å²) >= 11 is 9.79. The van der Waals surface area contributed by atoms with Gasteiger partial charge in [0, 0.05) is 19.8 Å². The molecule has 0 saturated carbocycles. The van der Waals surface area contributed by atoms with Crippen LogP contribution in [0.2, 0.25) is 0 Å². The normalized spacial score (nSPS) is 10.9. The Morgan fingerprint density at radius 1 is 0.542 bits per heavy atom. The Balaban J connectivity index is 2.11. The third kappa shape index (κ3) is 4.11. The SMILES string of the molecule is Cc1ccc(-c2ccc(-c3c(I)cc(C)cc3I)cc2I)c(I)c1. The molecule has 0 saturated heterocycles. The third-order valence-corrected chi connectivity index (χ3v) is 7.35. The van der Waals surface area contributed by atoms with Crippen molar-refractivity contribution in [2.75, 3.05) is 0 Å². The lowest BCUT2D eigenvalue weighted by Crippen LogP contribution is -1.93. The van der Waals surface area contributed by atoms with Crippen molar-refractivity contribution in [3.8, 4) is 22.3 Å². The molecule has 0 aliphatic rings. The van der Waals surface area contributed by atoms with E-state index in [9.17, 15) is 0 Å². The maximum Gasteiger partial charge on any atom is 0.0222 e. The van der Waals surface area contributed by atoms with Gasteiger partial charge in [-0.1, -0.05) is 29.8 Å². The summed E-state index contributed by atoms with van der Waals surface area (Å²) in [5.41, 5.74) is 7.86. The first kappa shape index (κ1) is 19.3. The van der Waals surface area contributed by atoms with Crippen molar-refractivity contribution in [3.63, 3.8) is 0 Å². The van der Waals surface area contributed by atoms with Crippen LogP contribution in [-0.4, -0.2) is 0 Å². The van der Waals surface area contributed by atoms with Crippen LogP contribution < -0.4 is 0 Å². The second-order valence-electron chi connectivity index (χ2n) is 5.78. The Hall–Kier alpha value is 0.580. The molecular weight excluding hydrogens is 748 g/mol. The van der Waals surface area contributed by atoms with E-state index in [1.807, 2.05) is 0 Å². The third-order valence-electron chi connectivity index (χ3n) is 3.86. The van der Waals surface area contributed by atoms with Gasteiger partial charge in [0.1, 0.15) is 0 Å². The minimum Gasteiger partial charge on any atom is -0.0586 e. The first-order valence-electron chi connectivity index (χ1n) is 7.39. The molecule has 24 heavy (non-hydrogen) atoms. The monoisotopic (exact) mass is 762 g/mol. The van der Waals surface area contributed by atoms with Crippen LogP contribution in [0.5, 0.6) is 0 Å². The molecular formula is C20H14I4. The van der Waals surface area contributed by atoms with E-state index < -0.39 is 0 Å². The highest BCUT2D eigenvalue weighted by atomic mass is 127. The molecule has 4 heteroatoms. The Bertz CT molecular complexity index is 906. The summed E-state index contributed by atoms with van der Waals surface area (Å²) in [5, 5.41) is 0. The first-order chi connectivity index (χ1) is 11.4. The standard InChI is InChI=1S/C20H14I4/c1-11-3-5-14(16(21)7-11)15-6-4-13(10-17(15)22)20-18(23)8-12(2)9-19(20)24/h3-10H,1-2H3. The molecule has 0 unspecified atom stereocenters. The van der Waals surface area contributed by atoms with Gasteiger partial charge in [0.2, 0.25) is 0 Å². The van der Waals surface area contributed by atoms with Gasteiger partial charge in [-0.3, -0.25) is 0 Å². The van der Waals surface area contributed by atoms with Crippen molar-refractivity contribution >= 4 is 90.4 Å². The van der Waals surface area contributed by atoms with Gasteiger partial charge in [0.25, 0.3) is 0 Å². The number of hydrogen-bond acceptors (Lipinski definition) is 0. The first-order valence-corrected chi connectivity index (χ1v) is 11.7. The van der Waals surface area contributed by atoms with Gasteiger partial charge in [-0.2, -0.15) is 0 Å². The zero-order valence-electron chi connectivity index (χ0n) is 13.1. The molecule has 0 radical (unpaired) electrons. The number of benzene rings is 3. The molecule has 0 aromatic heterocycles. The summed E-state index contributed by atoms with van der Waals surface area (Å²) < 4.78 is 5.22. The highest BCUT2D eigenvalue weighted by molar-refractivity contribution is 14.1. The lowest BCUT2D eigenvalue weighted by atomic mass is 9.99. The molecule has 0 aliphatic carbocycles. The summed E-state index contributed by atoms with van der Waals surface area (Å²) in [6.45, 7) is 4.29. The average Bonchev–Trinajstić information content (AvgIpc) is 2.47. The molecule has 0 fully saturated rings. The summed E-state index contributed by atoms with van der Waals surface area (Å²) in [4.78, 5) is 0. The molecule has 0 bridgehead atoms. The van der Waals surface area contributed by atoms with Crippen LogP contribution in [0.4, 0.5) is 0 Å². The quantitative estimate of drug-likeness (QED) is 0.232. The van der Waals surface area contributed by atoms with E-state index in [0.717, 1.165) is 0 Å². The van der Waals surface area contributed by atoms with E-state index >= 15 is 0 Å². The van der Waals surface area contributed by atoms with E-state index in [4.69, 9.17) is 0 Å². The van der Waals surface area contributed by atoms with Gasteiger partial charge in [-0.25, -0.2) is 0 Å². The molecule has 0 heterocycles. The highest BCUT2D eigenvalue weighted by Gasteiger charge is 2.12. The molecule has 3 aromatic carbocycles. The van der Waals surface area contributed by atoms with E-state index in [1.165, 1.54) is 47.7 Å². The van der Waals surface area contributed by atoms with Gasteiger partial charge in [-0.05, 0) is 151 Å². The molecule has 122 valence electrons. The van der Waals surface area contributed by atoms with E-state index in [1.54, 1.807) is 0 Å².